The Morgan fingerprint density at radius 3 is 2.83 bits per heavy atom. The van der Waals surface area contributed by atoms with E-state index in [1.54, 1.807) is 22.8 Å². The minimum Gasteiger partial charge on any atom is -0.481 e. The Morgan fingerprint density at radius 2 is 2.21 bits per heavy atom. The molecule has 2 aliphatic rings. The first-order chi connectivity index (χ1) is 11.6. The van der Waals surface area contributed by atoms with E-state index in [2.05, 4.69) is 11.2 Å². The van der Waals surface area contributed by atoms with E-state index in [0.717, 1.165) is 24.8 Å². The second-order valence-corrected chi connectivity index (χ2v) is 6.82. The Kier molecular flexibility index (Phi) is 5.02. The number of aromatic nitrogens is 2. The number of amides is 1. The average Bonchev–Trinajstić information content (AvgIpc) is 3.00. The highest BCUT2D eigenvalue weighted by molar-refractivity contribution is 5.81. The summed E-state index contributed by atoms with van der Waals surface area (Å²) < 4.78 is 1.66. The number of carbonyl (C=O) groups excluding carboxylic acids is 1. The highest BCUT2D eigenvalue weighted by Gasteiger charge is 2.41. The number of carboxylic acids is 1. The van der Waals surface area contributed by atoms with Crippen LogP contribution in [-0.4, -0.2) is 38.2 Å². The average molecular weight is 331 g/mol. The molecular formula is C18H25N3O3. The summed E-state index contributed by atoms with van der Waals surface area (Å²) in [5, 5.41) is 13.8. The van der Waals surface area contributed by atoms with E-state index in [1.165, 1.54) is 18.4 Å². The predicted molar refractivity (Wildman–Crippen MR) is 89.2 cm³/mol. The summed E-state index contributed by atoms with van der Waals surface area (Å²) >= 11 is 0. The molecular weight excluding hydrogens is 306 g/mol. The Hall–Kier alpha value is -2.11. The van der Waals surface area contributed by atoms with Gasteiger partial charge in [-0.25, -0.2) is 0 Å². The van der Waals surface area contributed by atoms with Crippen molar-refractivity contribution in [3.63, 3.8) is 0 Å². The molecule has 1 N–H and O–H groups in total. The van der Waals surface area contributed by atoms with Crippen LogP contribution in [0, 0.1) is 5.92 Å². The minimum atomic E-state index is -0.835. The maximum absolute atomic E-state index is 12.5. The van der Waals surface area contributed by atoms with Gasteiger partial charge in [0, 0.05) is 31.8 Å². The molecule has 0 bridgehead atoms. The van der Waals surface area contributed by atoms with Gasteiger partial charge >= 0.3 is 5.97 Å². The lowest BCUT2D eigenvalue weighted by Gasteiger charge is -2.39. The lowest BCUT2D eigenvalue weighted by Crippen LogP contribution is -2.45. The van der Waals surface area contributed by atoms with E-state index in [-0.39, 0.29) is 5.91 Å². The Bertz CT molecular complexity index is 650. The molecule has 1 aromatic heterocycles. The first-order valence-corrected chi connectivity index (χ1v) is 8.75. The number of carboxylic acid groups (broad SMARTS) is 1. The first-order valence-electron chi connectivity index (χ1n) is 8.75. The third kappa shape index (κ3) is 3.52. The van der Waals surface area contributed by atoms with E-state index >= 15 is 0 Å². The van der Waals surface area contributed by atoms with E-state index < -0.39 is 17.9 Å². The SMILES string of the molecule is Cn1cc([C@H]2[C@H](C(=O)O)CCC(=O)N2CCC2=CCCCC2)cn1. The topological polar surface area (TPSA) is 75.4 Å². The molecule has 0 aromatic carbocycles. The predicted octanol–water partition coefficient (Wildman–Crippen LogP) is 2.67. The third-order valence-electron chi connectivity index (χ3n) is 5.15. The summed E-state index contributed by atoms with van der Waals surface area (Å²) in [6, 6.07) is -0.415. The first kappa shape index (κ1) is 16.7. The fourth-order valence-electron chi connectivity index (χ4n) is 3.88. The van der Waals surface area contributed by atoms with Crippen molar-refractivity contribution < 1.29 is 14.7 Å². The molecule has 1 fully saturated rings. The number of hydrogen-bond donors (Lipinski definition) is 1. The summed E-state index contributed by atoms with van der Waals surface area (Å²) in [6.45, 7) is 0.591. The molecule has 24 heavy (non-hydrogen) atoms. The summed E-state index contributed by atoms with van der Waals surface area (Å²) in [5.74, 6) is -1.34. The standard InChI is InChI=1S/C18H25N3O3/c1-20-12-14(11-19-20)17-15(18(23)24)7-8-16(22)21(17)10-9-13-5-3-2-4-6-13/h5,11-12,15,17H,2-4,6-10H2,1H3,(H,23,24)/t15-,17+/m1/s1. The van der Waals surface area contributed by atoms with Crippen LogP contribution in [0.2, 0.25) is 0 Å². The maximum Gasteiger partial charge on any atom is 0.308 e. The van der Waals surface area contributed by atoms with Gasteiger partial charge in [0.25, 0.3) is 0 Å². The van der Waals surface area contributed by atoms with Crippen LogP contribution in [0.25, 0.3) is 0 Å². The van der Waals surface area contributed by atoms with Crippen LogP contribution < -0.4 is 0 Å². The van der Waals surface area contributed by atoms with Crippen LogP contribution in [0.1, 0.15) is 56.6 Å². The Morgan fingerprint density at radius 1 is 1.38 bits per heavy atom. The number of allylic oxidation sites excluding steroid dienone is 1. The zero-order valence-electron chi connectivity index (χ0n) is 14.1. The van der Waals surface area contributed by atoms with Gasteiger partial charge in [0.05, 0.1) is 18.2 Å². The minimum absolute atomic E-state index is 0.0535. The van der Waals surface area contributed by atoms with Gasteiger partial charge in [-0.2, -0.15) is 5.10 Å². The summed E-state index contributed by atoms with van der Waals surface area (Å²) in [5.41, 5.74) is 2.21. The van der Waals surface area contributed by atoms with Gasteiger partial charge < -0.3 is 10.0 Å². The number of aliphatic carboxylic acids is 1. The van der Waals surface area contributed by atoms with Crippen molar-refractivity contribution in [3.8, 4) is 0 Å². The number of rotatable bonds is 5. The Balaban J connectivity index is 1.82. The monoisotopic (exact) mass is 331 g/mol. The van der Waals surface area contributed by atoms with Crippen LogP contribution in [0.15, 0.2) is 24.0 Å². The van der Waals surface area contributed by atoms with Crippen molar-refractivity contribution in [1.82, 2.24) is 14.7 Å². The van der Waals surface area contributed by atoms with Crippen LogP contribution in [0.5, 0.6) is 0 Å². The summed E-state index contributed by atoms with van der Waals surface area (Å²) in [4.78, 5) is 26.0. The summed E-state index contributed by atoms with van der Waals surface area (Å²) in [7, 11) is 1.81. The zero-order chi connectivity index (χ0) is 17.1. The lowest BCUT2D eigenvalue weighted by molar-refractivity contribution is -0.152. The van der Waals surface area contributed by atoms with Gasteiger partial charge in [0.1, 0.15) is 0 Å². The van der Waals surface area contributed by atoms with Crippen LogP contribution in [-0.2, 0) is 16.6 Å². The quantitative estimate of drug-likeness (QED) is 0.842. The van der Waals surface area contributed by atoms with Gasteiger partial charge in [-0.05, 0) is 38.5 Å². The fraction of sp³-hybridized carbons (Fsp3) is 0.611. The molecule has 1 amide bonds. The van der Waals surface area contributed by atoms with Crippen molar-refractivity contribution in [1.29, 1.82) is 0 Å². The van der Waals surface area contributed by atoms with Crippen molar-refractivity contribution in [2.24, 2.45) is 13.0 Å². The molecule has 6 nitrogen and oxygen atoms in total. The van der Waals surface area contributed by atoms with Gasteiger partial charge in [0.15, 0.2) is 0 Å². The molecule has 3 rings (SSSR count). The van der Waals surface area contributed by atoms with Crippen LogP contribution >= 0.6 is 0 Å². The van der Waals surface area contributed by atoms with E-state index in [0.29, 0.717) is 19.4 Å². The molecule has 0 unspecified atom stereocenters. The smallest absolute Gasteiger partial charge is 0.308 e. The number of piperidine rings is 1. The highest BCUT2D eigenvalue weighted by Crippen LogP contribution is 2.37. The van der Waals surface area contributed by atoms with Crippen molar-refractivity contribution in [2.75, 3.05) is 6.54 Å². The summed E-state index contributed by atoms with van der Waals surface area (Å²) in [6.07, 6.45) is 12.0. The van der Waals surface area contributed by atoms with Crippen LogP contribution in [0.3, 0.4) is 0 Å². The second-order valence-electron chi connectivity index (χ2n) is 6.82. The molecule has 1 aromatic rings. The molecule has 0 radical (unpaired) electrons. The van der Waals surface area contributed by atoms with Crippen molar-refractivity contribution in [2.45, 2.75) is 51.0 Å². The molecule has 2 heterocycles. The molecule has 1 saturated heterocycles. The maximum atomic E-state index is 12.5. The molecule has 1 aliphatic carbocycles. The fourth-order valence-corrected chi connectivity index (χ4v) is 3.88. The van der Waals surface area contributed by atoms with Crippen LogP contribution in [0.4, 0.5) is 0 Å². The van der Waals surface area contributed by atoms with Crippen molar-refractivity contribution in [3.05, 3.63) is 29.6 Å². The number of nitrogens with zero attached hydrogens (tertiary/aromatic N) is 3. The number of carbonyl (C=O) groups is 2. The van der Waals surface area contributed by atoms with E-state index in [4.69, 9.17) is 0 Å². The third-order valence-corrected chi connectivity index (χ3v) is 5.15. The molecule has 1 aliphatic heterocycles. The molecule has 0 spiro atoms. The van der Waals surface area contributed by atoms with E-state index in [9.17, 15) is 14.7 Å². The second kappa shape index (κ2) is 7.20. The van der Waals surface area contributed by atoms with Gasteiger partial charge in [-0.1, -0.05) is 11.6 Å². The van der Waals surface area contributed by atoms with Gasteiger partial charge in [-0.3, -0.25) is 14.3 Å². The van der Waals surface area contributed by atoms with Crippen molar-refractivity contribution >= 4 is 11.9 Å². The Labute approximate surface area is 142 Å². The van der Waals surface area contributed by atoms with Gasteiger partial charge in [0.2, 0.25) is 5.91 Å². The molecule has 0 saturated carbocycles. The molecule has 2 atom stereocenters. The van der Waals surface area contributed by atoms with E-state index in [1.807, 2.05) is 6.20 Å². The zero-order valence-corrected chi connectivity index (χ0v) is 14.1. The normalized spacial score (nSPS) is 24.8. The largest absolute Gasteiger partial charge is 0.481 e. The number of aryl methyl sites for hydroxylation is 1. The highest BCUT2D eigenvalue weighted by atomic mass is 16.4. The number of hydrogen-bond acceptors (Lipinski definition) is 3. The lowest BCUT2D eigenvalue weighted by atomic mass is 9.85. The molecule has 130 valence electrons. The van der Waals surface area contributed by atoms with Gasteiger partial charge in [-0.15, -0.1) is 0 Å². The molecule has 6 heteroatoms. The number of likely N-dealkylation sites (tertiary alicyclic amines) is 1.